The Balaban J connectivity index is 1.45. The minimum absolute atomic E-state index is 0.00344. The summed E-state index contributed by atoms with van der Waals surface area (Å²) < 4.78 is 112. The molecule has 0 unspecified atom stereocenters. The van der Waals surface area contributed by atoms with Crippen molar-refractivity contribution in [2.75, 3.05) is 0 Å². The molecule has 1 N–H and O–H groups in total. The summed E-state index contributed by atoms with van der Waals surface area (Å²) in [4.78, 5) is 10.1. The molecule has 2 heterocycles. The second-order valence-corrected chi connectivity index (χ2v) is 16.8. The van der Waals surface area contributed by atoms with Gasteiger partial charge in [-0.15, -0.1) is 0 Å². The van der Waals surface area contributed by atoms with E-state index in [1.54, 1.807) is 53.1 Å². The molecule has 8 aromatic rings. The molecule has 0 aliphatic rings. The highest BCUT2D eigenvalue weighted by Crippen LogP contribution is 2.44. The summed E-state index contributed by atoms with van der Waals surface area (Å²) in [5, 5.41) is 12.3. The van der Waals surface area contributed by atoms with Crippen molar-refractivity contribution in [1.82, 2.24) is 14.5 Å². The van der Waals surface area contributed by atoms with Crippen LogP contribution in [0.1, 0.15) is 112 Å². The lowest BCUT2D eigenvalue weighted by Gasteiger charge is -2.22. The Morgan fingerprint density at radius 2 is 1.44 bits per heavy atom. The Morgan fingerprint density at radius 1 is 0.661 bits per heavy atom. The monoisotopic (exact) mass is 787 g/mol. The number of aryl methyl sites for hydroxylation is 1. The predicted octanol–water partition coefficient (Wildman–Crippen LogP) is 14.9. The van der Waals surface area contributed by atoms with Gasteiger partial charge in [0.05, 0.1) is 27.8 Å². The Morgan fingerprint density at radius 3 is 2.14 bits per heavy atom. The first-order valence-electron chi connectivity index (χ1n) is 26.4. The number of pyridine rings is 1. The number of imidazole rings is 1. The molecule has 0 fully saturated rings. The Hall–Kier alpha value is -6.26. The molecule has 8 rings (SSSR count). The molecule has 0 bridgehead atoms. The summed E-state index contributed by atoms with van der Waals surface area (Å²) >= 11 is 0. The van der Waals surface area contributed by atoms with E-state index in [1.165, 1.54) is 12.3 Å². The number of phenols is 1. The Bertz CT molecular complexity index is 3390. The van der Waals surface area contributed by atoms with Gasteiger partial charge in [-0.2, -0.15) is 0 Å². The molecule has 0 aliphatic carbocycles. The number of nitrogens with zero attached hydrogens (tertiary/aromatic N) is 3. The van der Waals surface area contributed by atoms with Crippen molar-refractivity contribution in [3.63, 3.8) is 0 Å². The van der Waals surface area contributed by atoms with E-state index < -0.39 is 55.7 Å². The highest BCUT2D eigenvalue weighted by atomic mass is 16.3. The lowest BCUT2D eigenvalue weighted by molar-refractivity contribution is 0.466. The van der Waals surface area contributed by atoms with E-state index in [2.05, 4.69) is 40.7 Å². The van der Waals surface area contributed by atoms with Gasteiger partial charge in [0, 0.05) is 35.3 Å². The number of aromatic hydroxyl groups is 1. The van der Waals surface area contributed by atoms with Crippen LogP contribution in [-0.2, 0) is 5.41 Å². The van der Waals surface area contributed by atoms with Crippen LogP contribution in [0.25, 0.3) is 72.7 Å². The maximum atomic E-state index is 12.3. The zero-order valence-electron chi connectivity index (χ0n) is 47.3. The quantitative estimate of drug-likeness (QED) is 0.167. The van der Waals surface area contributed by atoms with E-state index in [0.717, 1.165) is 11.1 Å². The van der Waals surface area contributed by atoms with Gasteiger partial charge >= 0.3 is 0 Å². The number of para-hydroxylation sites is 1. The van der Waals surface area contributed by atoms with Gasteiger partial charge in [0.1, 0.15) is 11.6 Å². The molecular formula is C55H55N3O. The first-order valence-corrected chi connectivity index (χ1v) is 19.9. The summed E-state index contributed by atoms with van der Waals surface area (Å²) in [7, 11) is 0. The average Bonchev–Trinajstić information content (AvgIpc) is 3.69. The van der Waals surface area contributed by atoms with Crippen LogP contribution in [0.4, 0.5) is 0 Å². The molecule has 2 aromatic heterocycles. The van der Waals surface area contributed by atoms with Gasteiger partial charge in [-0.3, -0.25) is 9.55 Å². The number of benzene rings is 6. The van der Waals surface area contributed by atoms with Crippen molar-refractivity contribution in [2.24, 2.45) is 0 Å². The fourth-order valence-corrected chi connectivity index (χ4v) is 7.56. The second-order valence-electron chi connectivity index (χ2n) is 16.8. The molecule has 4 nitrogen and oxygen atoms in total. The van der Waals surface area contributed by atoms with Gasteiger partial charge in [-0.05, 0) is 142 Å². The van der Waals surface area contributed by atoms with Crippen LogP contribution < -0.4 is 0 Å². The minimum Gasteiger partial charge on any atom is -0.507 e. The molecule has 0 spiro atoms. The van der Waals surface area contributed by atoms with Crippen LogP contribution in [0.3, 0.4) is 0 Å². The van der Waals surface area contributed by atoms with Crippen LogP contribution in [0.15, 0.2) is 133 Å². The smallest absolute Gasteiger partial charge is 0.149 e. The van der Waals surface area contributed by atoms with Crippen molar-refractivity contribution in [1.29, 1.82) is 0 Å². The standard InChI is InChI=1S/C55H55N3O/c1-33(2)41-29-47(34(3)4)53(59)49(30-41)54-57-52-46(17-14-18-51(52)58(54)45-25-36(6)37(7)48(32-45)39-15-12-11-13-16-39)42-26-43(28-44(27-42)55(8,9)10)50-31-40(23-24-56-50)38-21-19-35(5)20-22-38/h11-34,59H,1-10H3/i5D3,6D3,7D3,19D,20D,21D,22D. The SMILES string of the molecule is [2H]c1c([2H])c(C([2H])([2H])[2H])c([2H])c([2H])c1-c1ccnc(-c2cc(-c3cccc4c3nc(-c3cc(C(C)C)cc(C(C)C)c3O)n4-c3cc(-c4ccccc4)c(C([2H])([2H])[2H])c(C([2H])([2H])[2H])c3)cc(C(C)(C)C)c2)c1. The van der Waals surface area contributed by atoms with Crippen LogP contribution in [-0.4, -0.2) is 19.6 Å². The summed E-state index contributed by atoms with van der Waals surface area (Å²) in [6, 6.07) is 28.3. The van der Waals surface area contributed by atoms with Crippen molar-refractivity contribution in [3.05, 3.63) is 167 Å². The zero-order valence-corrected chi connectivity index (χ0v) is 34.3. The normalized spacial score (nSPS) is 15.8. The Labute approximate surface area is 368 Å². The van der Waals surface area contributed by atoms with Gasteiger partial charge in [0.15, 0.2) is 0 Å². The van der Waals surface area contributed by atoms with Gasteiger partial charge in [-0.25, -0.2) is 4.98 Å². The van der Waals surface area contributed by atoms with E-state index >= 15 is 0 Å². The largest absolute Gasteiger partial charge is 0.507 e. The number of fused-ring (bicyclic) bond motifs is 1. The van der Waals surface area contributed by atoms with E-state index in [-0.39, 0.29) is 39.8 Å². The molecule has 0 saturated carbocycles. The van der Waals surface area contributed by atoms with Gasteiger partial charge < -0.3 is 5.11 Å². The van der Waals surface area contributed by atoms with Gasteiger partial charge in [0.2, 0.25) is 0 Å². The number of aromatic nitrogens is 3. The number of hydrogen-bond donors (Lipinski definition) is 1. The second kappa shape index (κ2) is 15.5. The molecular weight excluding hydrogens is 719 g/mol. The van der Waals surface area contributed by atoms with Crippen LogP contribution in [0.2, 0.25) is 0 Å². The molecule has 0 amide bonds. The summed E-state index contributed by atoms with van der Waals surface area (Å²) in [6.07, 6.45) is 1.50. The summed E-state index contributed by atoms with van der Waals surface area (Å²) in [5.41, 5.74) is 5.99. The predicted molar refractivity (Wildman–Crippen MR) is 249 cm³/mol. The molecule has 6 aromatic carbocycles. The molecule has 0 aliphatic heterocycles. The number of hydrogen-bond acceptors (Lipinski definition) is 3. The summed E-state index contributed by atoms with van der Waals surface area (Å²) in [6.45, 7) is 5.76. The van der Waals surface area contributed by atoms with E-state index in [0.29, 0.717) is 67.2 Å². The highest BCUT2D eigenvalue weighted by molar-refractivity contribution is 5.97. The minimum atomic E-state index is -2.86. The van der Waals surface area contributed by atoms with Crippen molar-refractivity contribution in [2.45, 2.75) is 86.3 Å². The lowest BCUT2D eigenvalue weighted by Crippen LogP contribution is -2.11. The van der Waals surface area contributed by atoms with Crippen LogP contribution >= 0.6 is 0 Å². The first-order chi connectivity index (χ1) is 33.5. The van der Waals surface area contributed by atoms with Gasteiger partial charge in [-0.1, -0.05) is 133 Å². The maximum Gasteiger partial charge on any atom is 0.149 e. The molecule has 59 heavy (non-hydrogen) atoms. The molecule has 296 valence electrons. The lowest BCUT2D eigenvalue weighted by atomic mass is 9.83. The fourth-order valence-electron chi connectivity index (χ4n) is 7.56. The van der Waals surface area contributed by atoms with Crippen molar-refractivity contribution >= 4 is 11.0 Å². The van der Waals surface area contributed by atoms with E-state index in [9.17, 15) is 5.11 Å². The third-order valence-electron chi connectivity index (χ3n) is 10.9. The molecule has 0 atom stereocenters. The van der Waals surface area contributed by atoms with Crippen molar-refractivity contribution in [3.8, 4) is 67.5 Å². The highest BCUT2D eigenvalue weighted by Gasteiger charge is 2.25. The third-order valence-corrected chi connectivity index (χ3v) is 10.9. The molecule has 4 heteroatoms. The average molecular weight is 787 g/mol. The van der Waals surface area contributed by atoms with Gasteiger partial charge in [0.25, 0.3) is 0 Å². The number of rotatable bonds is 8. The first kappa shape index (κ1) is 26.7. The van der Waals surface area contributed by atoms with E-state index in [4.69, 9.17) is 27.8 Å². The fraction of sp³-hybridized carbons (Fsp3) is 0.236. The Kier molecular flexibility index (Phi) is 7.00. The van der Waals surface area contributed by atoms with Crippen LogP contribution in [0, 0.1) is 20.6 Å². The zero-order chi connectivity index (χ0) is 52.7. The van der Waals surface area contributed by atoms with Crippen molar-refractivity contribution < 1.29 is 22.9 Å². The van der Waals surface area contributed by atoms with E-state index in [1.807, 2.05) is 56.3 Å². The molecule has 0 saturated heterocycles. The molecule has 0 radical (unpaired) electrons. The topological polar surface area (TPSA) is 50.9 Å². The summed E-state index contributed by atoms with van der Waals surface area (Å²) in [5.74, 6) is 0.249. The third kappa shape index (κ3) is 7.60. The number of phenolic OH excluding ortho intramolecular Hbond substituents is 1. The van der Waals surface area contributed by atoms with Crippen LogP contribution in [0.5, 0.6) is 5.75 Å². The maximum absolute atomic E-state index is 12.3.